The molecule has 0 bridgehead atoms. The third-order valence-electron chi connectivity index (χ3n) is 3.29. The highest BCUT2D eigenvalue weighted by Crippen LogP contribution is 2.17. The Morgan fingerprint density at radius 1 is 1.38 bits per heavy atom. The molecule has 2 heterocycles. The first kappa shape index (κ1) is 14.7. The van der Waals surface area contributed by atoms with Crippen LogP contribution in [0.3, 0.4) is 0 Å². The molecule has 1 aliphatic heterocycles. The first-order chi connectivity index (χ1) is 10.1. The van der Waals surface area contributed by atoms with Crippen LogP contribution < -0.4 is 10.3 Å². The topological polar surface area (TPSA) is 82.9 Å². The van der Waals surface area contributed by atoms with Gasteiger partial charge in [0, 0.05) is 44.5 Å². The molecule has 0 atom stereocenters. The van der Waals surface area contributed by atoms with E-state index in [1.165, 1.54) is 6.20 Å². The number of nitrogens with zero attached hydrogens (tertiary/aromatic N) is 4. The second-order valence-corrected chi connectivity index (χ2v) is 4.74. The van der Waals surface area contributed by atoms with Gasteiger partial charge < -0.3 is 15.5 Å². The Balaban J connectivity index is 1.87. The summed E-state index contributed by atoms with van der Waals surface area (Å²) in [5, 5.41) is 2.83. The van der Waals surface area contributed by atoms with Gasteiger partial charge in [0.1, 0.15) is 18.6 Å². The minimum atomic E-state index is -0.427. The summed E-state index contributed by atoms with van der Waals surface area (Å²) in [4.78, 5) is 25.2. The number of rotatable bonds is 6. The van der Waals surface area contributed by atoms with Gasteiger partial charge in [-0.2, -0.15) is 0 Å². The number of nitrogens with two attached hydrogens (primary N) is 1. The SMILES string of the molecule is CN1C=CN(CCC[n+]2ccc(C(N)=O)cc2)/C1=C\N=O. The van der Waals surface area contributed by atoms with E-state index in [2.05, 4.69) is 5.18 Å². The van der Waals surface area contributed by atoms with E-state index in [0.29, 0.717) is 5.56 Å². The van der Waals surface area contributed by atoms with Crippen LogP contribution in [0.4, 0.5) is 0 Å². The molecular formula is C14H18N5O2+. The van der Waals surface area contributed by atoms with Crippen molar-refractivity contribution >= 4 is 5.91 Å². The second-order valence-electron chi connectivity index (χ2n) is 4.74. The number of primary amides is 1. The Labute approximate surface area is 122 Å². The quantitative estimate of drug-likeness (QED) is 0.618. The normalized spacial score (nSPS) is 15.8. The molecule has 0 fully saturated rings. The van der Waals surface area contributed by atoms with Crippen LogP contribution in [0.5, 0.6) is 0 Å². The van der Waals surface area contributed by atoms with Gasteiger partial charge in [0.05, 0.1) is 5.56 Å². The summed E-state index contributed by atoms with van der Waals surface area (Å²) in [6.45, 7) is 1.57. The summed E-state index contributed by atoms with van der Waals surface area (Å²) >= 11 is 0. The number of carbonyl (C=O) groups excluding carboxylic acids is 1. The molecule has 1 aliphatic rings. The zero-order chi connectivity index (χ0) is 15.2. The summed E-state index contributed by atoms with van der Waals surface area (Å²) in [6, 6.07) is 3.40. The van der Waals surface area contributed by atoms with E-state index >= 15 is 0 Å². The van der Waals surface area contributed by atoms with Gasteiger partial charge in [-0.1, -0.05) is 0 Å². The summed E-state index contributed by atoms with van der Waals surface area (Å²) in [5.41, 5.74) is 5.69. The fraction of sp³-hybridized carbons (Fsp3) is 0.286. The van der Waals surface area contributed by atoms with E-state index in [1.54, 1.807) is 12.1 Å². The van der Waals surface area contributed by atoms with Crippen molar-refractivity contribution in [2.45, 2.75) is 13.0 Å². The van der Waals surface area contributed by atoms with Gasteiger partial charge in [-0.3, -0.25) is 4.79 Å². The molecule has 0 unspecified atom stereocenters. The molecule has 0 aliphatic carbocycles. The summed E-state index contributed by atoms with van der Waals surface area (Å²) in [7, 11) is 1.87. The van der Waals surface area contributed by atoms with Crippen molar-refractivity contribution in [3.63, 3.8) is 0 Å². The first-order valence-electron chi connectivity index (χ1n) is 6.61. The number of aromatic nitrogens is 1. The van der Waals surface area contributed by atoms with E-state index in [9.17, 15) is 9.70 Å². The molecular weight excluding hydrogens is 270 g/mol. The molecule has 0 aromatic carbocycles. The molecule has 21 heavy (non-hydrogen) atoms. The molecule has 0 radical (unpaired) electrons. The van der Waals surface area contributed by atoms with Crippen LogP contribution in [0.2, 0.25) is 0 Å². The Hall–Kier alpha value is -2.70. The van der Waals surface area contributed by atoms with Crippen LogP contribution in [0.25, 0.3) is 0 Å². The van der Waals surface area contributed by atoms with Gasteiger partial charge in [-0.05, 0) is 5.18 Å². The molecule has 0 saturated heterocycles. The number of carbonyl (C=O) groups is 1. The third kappa shape index (κ3) is 3.65. The van der Waals surface area contributed by atoms with Crippen LogP contribution in [-0.4, -0.2) is 29.3 Å². The Morgan fingerprint density at radius 2 is 2.10 bits per heavy atom. The van der Waals surface area contributed by atoms with Crippen molar-refractivity contribution in [1.82, 2.24) is 9.80 Å². The molecule has 110 valence electrons. The van der Waals surface area contributed by atoms with Gasteiger partial charge in [0.15, 0.2) is 12.4 Å². The maximum absolute atomic E-state index is 11.0. The molecule has 7 nitrogen and oxygen atoms in total. The van der Waals surface area contributed by atoms with Crippen LogP contribution in [0.1, 0.15) is 16.8 Å². The van der Waals surface area contributed by atoms with Crippen molar-refractivity contribution in [3.8, 4) is 0 Å². The molecule has 7 heteroatoms. The summed E-state index contributed by atoms with van der Waals surface area (Å²) in [6.07, 6.45) is 9.64. The first-order valence-corrected chi connectivity index (χ1v) is 6.61. The smallest absolute Gasteiger partial charge is 0.249 e. The molecule has 0 spiro atoms. The molecule has 1 amide bonds. The van der Waals surface area contributed by atoms with Crippen LogP contribution in [-0.2, 0) is 6.54 Å². The molecule has 1 aromatic heterocycles. The maximum Gasteiger partial charge on any atom is 0.249 e. The molecule has 0 saturated carbocycles. The predicted octanol–water partition coefficient (Wildman–Crippen LogP) is 0.747. The Bertz CT molecular complexity index is 580. The van der Waals surface area contributed by atoms with Gasteiger partial charge in [0.2, 0.25) is 5.91 Å². The van der Waals surface area contributed by atoms with Crippen molar-refractivity contribution in [3.05, 3.63) is 59.4 Å². The Kier molecular flexibility index (Phi) is 4.65. The standard InChI is InChI=1S/C14H17N5O2/c1-17-9-10-19(13(17)11-16-21)6-2-5-18-7-3-12(4-8-18)14(15)20/h3-4,7-11H,2,5-6H2,1H3,(H-,15,20)/p+1/b13-11-. The minimum Gasteiger partial charge on any atom is -0.366 e. The number of aryl methyl sites for hydroxylation is 1. The van der Waals surface area contributed by atoms with E-state index < -0.39 is 5.91 Å². The van der Waals surface area contributed by atoms with Gasteiger partial charge >= 0.3 is 0 Å². The zero-order valence-electron chi connectivity index (χ0n) is 11.8. The highest BCUT2D eigenvalue weighted by atomic mass is 16.2. The molecule has 2 N–H and O–H groups in total. The lowest BCUT2D eigenvalue weighted by Gasteiger charge is -2.20. The molecule has 1 aromatic rings. The predicted molar refractivity (Wildman–Crippen MR) is 77.3 cm³/mol. The van der Waals surface area contributed by atoms with Gasteiger partial charge in [-0.15, -0.1) is 4.91 Å². The Morgan fingerprint density at radius 3 is 2.71 bits per heavy atom. The van der Waals surface area contributed by atoms with Gasteiger partial charge in [-0.25, -0.2) is 4.57 Å². The number of nitroso groups, excluding NO2 is 1. The third-order valence-corrected chi connectivity index (χ3v) is 3.29. The summed E-state index contributed by atoms with van der Waals surface area (Å²) < 4.78 is 1.98. The summed E-state index contributed by atoms with van der Waals surface area (Å²) in [5.74, 6) is 0.336. The van der Waals surface area contributed by atoms with E-state index in [1.807, 2.05) is 46.2 Å². The number of hydrogen-bond acceptors (Lipinski definition) is 5. The highest BCUT2D eigenvalue weighted by molar-refractivity contribution is 5.92. The zero-order valence-corrected chi connectivity index (χ0v) is 11.8. The number of pyridine rings is 1. The van der Waals surface area contributed by atoms with Crippen molar-refractivity contribution in [2.24, 2.45) is 10.9 Å². The van der Waals surface area contributed by atoms with Crippen molar-refractivity contribution < 1.29 is 9.36 Å². The van der Waals surface area contributed by atoms with Gasteiger partial charge in [0.25, 0.3) is 0 Å². The van der Waals surface area contributed by atoms with Crippen LogP contribution in [0, 0.1) is 4.91 Å². The largest absolute Gasteiger partial charge is 0.366 e. The lowest BCUT2D eigenvalue weighted by Crippen LogP contribution is -2.35. The monoisotopic (exact) mass is 288 g/mol. The second kappa shape index (κ2) is 6.65. The van der Waals surface area contributed by atoms with Crippen molar-refractivity contribution in [1.29, 1.82) is 0 Å². The highest BCUT2D eigenvalue weighted by Gasteiger charge is 2.16. The van der Waals surface area contributed by atoms with E-state index in [-0.39, 0.29) is 0 Å². The van der Waals surface area contributed by atoms with E-state index in [0.717, 1.165) is 25.3 Å². The van der Waals surface area contributed by atoms with Crippen molar-refractivity contribution in [2.75, 3.05) is 13.6 Å². The number of hydrogen-bond donors (Lipinski definition) is 1. The average Bonchev–Trinajstić information content (AvgIpc) is 2.81. The maximum atomic E-state index is 11.0. The minimum absolute atomic E-state index is 0.427. The number of amides is 1. The fourth-order valence-electron chi connectivity index (χ4n) is 2.13. The van der Waals surface area contributed by atoms with Crippen LogP contribution >= 0.6 is 0 Å². The molecule has 2 rings (SSSR count). The van der Waals surface area contributed by atoms with Crippen LogP contribution in [0.15, 0.2) is 54.1 Å². The lowest BCUT2D eigenvalue weighted by molar-refractivity contribution is -0.697. The lowest BCUT2D eigenvalue weighted by atomic mass is 10.2. The fourth-order valence-corrected chi connectivity index (χ4v) is 2.13. The average molecular weight is 288 g/mol. The van der Waals surface area contributed by atoms with E-state index in [4.69, 9.17) is 5.73 Å².